The predicted molar refractivity (Wildman–Crippen MR) is 108 cm³/mol. The molecule has 0 heterocycles. The SMILES string of the molecule is CCCCC/C=C/C/C=C/CCCCCCCc1cccc(O)c1O. The summed E-state index contributed by atoms with van der Waals surface area (Å²) in [6, 6.07) is 5.20. The summed E-state index contributed by atoms with van der Waals surface area (Å²) in [7, 11) is 0. The van der Waals surface area contributed by atoms with Gasteiger partial charge in [-0.2, -0.15) is 0 Å². The molecular weight excluding hydrogens is 308 g/mol. The maximum Gasteiger partial charge on any atom is 0.160 e. The van der Waals surface area contributed by atoms with Crippen LogP contribution in [0.1, 0.15) is 83.1 Å². The van der Waals surface area contributed by atoms with Crippen LogP contribution >= 0.6 is 0 Å². The third-order valence-corrected chi connectivity index (χ3v) is 4.50. The Morgan fingerprint density at radius 1 is 0.760 bits per heavy atom. The van der Waals surface area contributed by atoms with Gasteiger partial charge in [-0.1, -0.05) is 75.5 Å². The predicted octanol–water partition coefficient (Wildman–Crippen LogP) is 7.06. The van der Waals surface area contributed by atoms with Gasteiger partial charge in [-0.25, -0.2) is 0 Å². The first-order valence-electron chi connectivity index (χ1n) is 10.1. The van der Waals surface area contributed by atoms with Gasteiger partial charge in [0.1, 0.15) is 0 Å². The Kier molecular flexibility index (Phi) is 12.5. The minimum atomic E-state index is -0.0138. The molecule has 0 saturated heterocycles. The number of benzene rings is 1. The summed E-state index contributed by atoms with van der Waals surface area (Å²) in [5.74, 6) is 0.0344. The van der Waals surface area contributed by atoms with E-state index in [4.69, 9.17) is 0 Å². The average Bonchev–Trinajstić information content (AvgIpc) is 2.61. The van der Waals surface area contributed by atoms with Crippen LogP contribution in [0.3, 0.4) is 0 Å². The van der Waals surface area contributed by atoms with E-state index in [1.54, 1.807) is 6.07 Å². The van der Waals surface area contributed by atoms with Crippen molar-refractivity contribution in [2.24, 2.45) is 0 Å². The van der Waals surface area contributed by atoms with Crippen molar-refractivity contribution in [1.82, 2.24) is 0 Å². The van der Waals surface area contributed by atoms with Crippen LogP contribution in [-0.2, 0) is 6.42 Å². The second-order valence-corrected chi connectivity index (χ2v) is 6.77. The molecule has 0 bridgehead atoms. The third kappa shape index (κ3) is 10.7. The number of rotatable bonds is 14. The number of hydrogen-bond donors (Lipinski definition) is 2. The van der Waals surface area contributed by atoms with E-state index in [1.165, 1.54) is 63.9 Å². The Bertz CT molecular complexity index is 503. The number of aromatic hydroxyl groups is 2. The fourth-order valence-corrected chi connectivity index (χ4v) is 2.91. The van der Waals surface area contributed by atoms with E-state index >= 15 is 0 Å². The number of unbranched alkanes of at least 4 members (excludes halogenated alkanes) is 8. The Hall–Kier alpha value is -1.70. The molecule has 0 aliphatic rings. The van der Waals surface area contributed by atoms with Crippen LogP contribution in [0.4, 0.5) is 0 Å². The number of aryl methyl sites for hydroxylation is 1. The summed E-state index contributed by atoms with van der Waals surface area (Å²) < 4.78 is 0. The van der Waals surface area contributed by atoms with E-state index in [2.05, 4.69) is 31.2 Å². The molecule has 0 fully saturated rings. The molecule has 0 unspecified atom stereocenters. The fourth-order valence-electron chi connectivity index (χ4n) is 2.91. The van der Waals surface area contributed by atoms with E-state index in [0.717, 1.165) is 24.8 Å². The molecular formula is C23H36O2. The second kappa shape index (κ2) is 14.6. The monoisotopic (exact) mass is 344 g/mol. The molecule has 2 N–H and O–H groups in total. The van der Waals surface area contributed by atoms with Gasteiger partial charge in [0.2, 0.25) is 0 Å². The second-order valence-electron chi connectivity index (χ2n) is 6.77. The van der Waals surface area contributed by atoms with Crippen LogP contribution in [-0.4, -0.2) is 10.2 Å². The van der Waals surface area contributed by atoms with Gasteiger partial charge in [-0.15, -0.1) is 0 Å². The molecule has 1 aromatic carbocycles. The molecule has 0 spiro atoms. The van der Waals surface area contributed by atoms with Crippen LogP contribution in [0.5, 0.6) is 11.5 Å². The van der Waals surface area contributed by atoms with E-state index in [0.29, 0.717) is 0 Å². The highest BCUT2D eigenvalue weighted by molar-refractivity contribution is 5.44. The van der Waals surface area contributed by atoms with Gasteiger partial charge in [0.15, 0.2) is 11.5 Å². The molecule has 0 aliphatic heterocycles. The van der Waals surface area contributed by atoms with Crippen molar-refractivity contribution < 1.29 is 10.2 Å². The zero-order valence-corrected chi connectivity index (χ0v) is 15.9. The van der Waals surface area contributed by atoms with Gasteiger partial charge in [-0.3, -0.25) is 0 Å². The van der Waals surface area contributed by atoms with Crippen LogP contribution in [0.25, 0.3) is 0 Å². The lowest BCUT2D eigenvalue weighted by Gasteiger charge is -2.05. The van der Waals surface area contributed by atoms with Crippen molar-refractivity contribution in [1.29, 1.82) is 0 Å². The normalized spacial score (nSPS) is 11.7. The smallest absolute Gasteiger partial charge is 0.160 e. The first-order valence-corrected chi connectivity index (χ1v) is 10.1. The van der Waals surface area contributed by atoms with Crippen molar-refractivity contribution in [2.45, 2.75) is 84.0 Å². The fraction of sp³-hybridized carbons (Fsp3) is 0.565. The van der Waals surface area contributed by atoms with Crippen molar-refractivity contribution in [2.75, 3.05) is 0 Å². The molecule has 2 heteroatoms. The van der Waals surface area contributed by atoms with Gasteiger partial charge >= 0.3 is 0 Å². The first kappa shape index (κ1) is 21.3. The molecule has 0 radical (unpaired) electrons. The highest BCUT2D eigenvalue weighted by atomic mass is 16.3. The van der Waals surface area contributed by atoms with E-state index < -0.39 is 0 Å². The van der Waals surface area contributed by atoms with E-state index in [1.807, 2.05) is 6.07 Å². The topological polar surface area (TPSA) is 40.5 Å². The lowest BCUT2D eigenvalue weighted by Crippen LogP contribution is -1.87. The molecule has 1 rings (SSSR count). The van der Waals surface area contributed by atoms with Gasteiger partial charge in [0.25, 0.3) is 0 Å². The van der Waals surface area contributed by atoms with Crippen molar-refractivity contribution in [3.63, 3.8) is 0 Å². The molecule has 2 nitrogen and oxygen atoms in total. The Labute approximate surface area is 154 Å². The summed E-state index contributed by atoms with van der Waals surface area (Å²) in [4.78, 5) is 0. The van der Waals surface area contributed by atoms with Crippen LogP contribution in [0, 0.1) is 0 Å². The molecule has 0 atom stereocenters. The highest BCUT2D eigenvalue weighted by Gasteiger charge is 2.04. The first-order chi connectivity index (χ1) is 12.3. The van der Waals surface area contributed by atoms with Crippen LogP contribution < -0.4 is 0 Å². The van der Waals surface area contributed by atoms with Gasteiger partial charge in [-0.05, 0) is 56.6 Å². The number of hydrogen-bond acceptors (Lipinski definition) is 2. The minimum Gasteiger partial charge on any atom is -0.504 e. The summed E-state index contributed by atoms with van der Waals surface area (Å²) >= 11 is 0. The quantitative estimate of drug-likeness (QED) is 0.215. The number of phenolic OH excluding ortho intramolecular Hbond substituents is 2. The Balaban J connectivity index is 1.93. The van der Waals surface area contributed by atoms with E-state index in [-0.39, 0.29) is 11.5 Å². The maximum atomic E-state index is 9.75. The van der Waals surface area contributed by atoms with Gasteiger partial charge < -0.3 is 10.2 Å². The number of para-hydroxylation sites is 1. The molecule has 140 valence electrons. The zero-order chi connectivity index (χ0) is 18.2. The third-order valence-electron chi connectivity index (χ3n) is 4.50. The van der Waals surface area contributed by atoms with Crippen molar-refractivity contribution >= 4 is 0 Å². The molecule has 1 aromatic rings. The highest BCUT2D eigenvalue weighted by Crippen LogP contribution is 2.29. The largest absolute Gasteiger partial charge is 0.504 e. The summed E-state index contributed by atoms with van der Waals surface area (Å²) in [6.07, 6.45) is 23.5. The molecule has 25 heavy (non-hydrogen) atoms. The number of allylic oxidation sites excluding steroid dienone is 4. The summed E-state index contributed by atoms with van der Waals surface area (Å²) in [5.41, 5.74) is 0.852. The van der Waals surface area contributed by atoms with Crippen molar-refractivity contribution in [3.8, 4) is 11.5 Å². The molecule has 0 saturated carbocycles. The van der Waals surface area contributed by atoms with Gasteiger partial charge in [0.05, 0.1) is 0 Å². The van der Waals surface area contributed by atoms with E-state index in [9.17, 15) is 10.2 Å². The average molecular weight is 345 g/mol. The lowest BCUT2D eigenvalue weighted by molar-refractivity contribution is 0.398. The molecule has 0 aromatic heterocycles. The van der Waals surface area contributed by atoms with Crippen LogP contribution in [0.2, 0.25) is 0 Å². The standard InChI is InChI=1S/C23H36O2/c1-2-3-4-5-6-7-8-9-10-11-12-13-14-15-16-18-21-19-17-20-22(24)23(21)25/h6-7,9-10,17,19-20,24-25H,2-5,8,11-16,18H2,1H3/b7-6+,10-9+. The van der Waals surface area contributed by atoms with Crippen LogP contribution in [0.15, 0.2) is 42.5 Å². The van der Waals surface area contributed by atoms with Crippen molar-refractivity contribution in [3.05, 3.63) is 48.1 Å². The summed E-state index contributed by atoms with van der Waals surface area (Å²) in [6.45, 7) is 2.24. The Morgan fingerprint density at radius 2 is 1.40 bits per heavy atom. The number of phenols is 2. The molecule has 0 amide bonds. The summed E-state index contributed by atoms with van der Waals surface area (Å²) in [5, 5.41) is 19.2. The minimum absolute atomic E-state index is 0.0138. The van der Waals surface area contributed by atoms with Gasteiger partial charge in [0, 0.05) is 0 Å². The lowest BCUT2D eigenvalue weighted by atomic mass is 10.0. The molecule has 0 aliphatic carbocycles. The zero-order valence-electron chi connectivity index (χ0n) is 15.9. The maximum absolute atomic E-state index is 9.75. The Morgan fingerprint density at radius 3 is 2.12 bits per heavy atom.